The van der Waals surface area contributed by atoms with Crippen LogP contribution in [0, 0.1) is 11.8 Å². The van der Waals surface area contributed by atoms with Gasteiger partial charge in [0, 0.05) is 18.5 Å². The smallest absolute Gasteiger partial charge is 0.306 e. The van der Waals surface area contributed by atoms with Crippen LogP contribution in [0.3, 0.4) is 0 Å². The standard InChI is InChI=1S/C19H25NO3/c1-2-17-11-15-5-3-4-6-16(15)12-20(17)18(21)13-7-9-14(10-8-13)19(22)23/h3-6,13-14,17H,2,7-12H2,1H3,(H,22,23). The first-order chi connectivity index (χ1) is 11.1. The molecule has 4 nitrogen and oxygen atoms in total. The number of aliphatic carboxylic acids is 1. The number of hydrogen-bond donors (Lipinski definition) is 1. The van der Waals surface area contributed by atoms with Gasteiger partial charge in [0.05, 0.1) is 5.92 Å². The number of carboxylic acids is 1. The van der Waals surface area contributed by atoms with E-state index in [1.807, 2.05) is 11.0 Å². The Bertz CT molecular complexity index is 590. The van der Waals surface area contributed by atoms with Crippen molar-refractivity contribution >= 4 is 11.9 Å². The molecule has 0 radical (unpaired) electrons. The van der Waals surface area contributed by atoms with Gasteiger partial charge in [0.25, 0.3) is 0 Å². The molecule has 1 aromatic carbocycles. The molecule has 124 valence electrons. The second kappa shape index (κ2) is 6.73. The molecule has 0 aromatic heterocycles. The molecule has 23 heavy (non-hydrogen) atoms. The quantitative estimate of drug-likeness (QED) is 0.931. The van der Waals surface area contributed by atoms with Crippen molar-refractivity contribution in [2.24, 2.45) is 11.8 Å². The van der Waals surface area contributed by atoms with Crippen molar-refractivity contribution < 1.29 is 14.7 Å². The zero-order valence-electron chi connectivity index (χ0n) is 13.7. The molecule has 1 atom stereocenters. The first kappa shape index (κ1) is 16.0. The number of rotatable bonds is 3. The minimum Gasteiger partial charge on any atom is -0.481 e. The summed E-state index contributed by atoms with van der Waals surface area (Å²) >= 11 is 0. The van der Waals surface area contributed by atoms with Gasteiger partial charge in [-0.25, -0.2) is 0 Å². The Morgan fingerprint density at radius 1 is 1.09 bits per heavy atom. The average Bonchev–Trinajstić information content (AvgIpc) is 2.60. The van der Waals surface area contributed by atoms with Gasteiger partial charge in [0.15, 0.2) is 0 Å². The molecule has 1 fully saturated rings. The fourth-order valence-electron chi connectivity index (χ4n) is 4.03. The van der Waals surface area contributed by atoms with Crippen LogP contribution < -0.4 is 0 Å². The predicted molar refractivity (Wildman–Crippen MR) is 87.9 cm³/mol. The maximum absolute atomic E-state index is 13.0. The maximum atomic E-state index is 13.0. The molecule has 1 aliphatic carbocycles. The van der Waals surface area contributed by atoms with Gasteiger partial charge in [0.2, 0.25) is 5.91 Å². The summed E-state index contributed by atoms with van der Waals surface area (Å²) in [5.74, 6) is -0.738. The first-order valence-corrected chi connectivity index (χ1v) is 8.70. The third-order valence-corrected chi connectivity index (χ3v) is 5.54. The largest absolute Gasteiger partial charge is 0.481 e. The normalized spacial score (nSPS) is 27.3. The van der Waals surface area contributed by atoms with Gasteiger partial charge in [-0.15, -0.1) is 0 Å². The molecule has 0 saturated heterocycles. The minimum atomic E-state index is -0.714. The van der Waals surface area contributed by atoms with Crippen LogP contribution in [0.4, 0.5) is 0 Å². The predicted octanol–water partition coefficient (Wildman–Crippen LogP) is 3.24. The molecular formula is C19H25NO3. The molecule has 0 spiro atoms. The molecule has 1 N–H and O–H groups in total. The lowest BCUT2D eigenvalue weighted by molar-refractivity contribution is -0.146. The number of amides is 1. The van der Waals surface area contributed by atoms with Crippen LogP contribution in [0.5, 0.6) is 0 Å². The van der Waals surface area contributed by atoms with E-state index in [-0.39, 0.29) is 23.8 Å². The van der Waals surface area contributed by atoms with Gasteiger partial charge in [0.1, 0.15) is 0 Å². The second-order valence-corrected chi connectivity index (χ2v) is 6.89. The van der Waals surface area contributed by atoms with E-state index in [1.165, 1.54) is 11.1 Å². The average molecular weight is 315 g/mol. The fraction of sp³-hybridized carbons (Fsp3) is 0.579. The molecule has 4 heteroatoms. The van der Waals surface area contributed by atoms with E-state index in [0.29, 0.717) is 32.2 Å². The Balaban J connectivity index is 1.70. The minimum absolute atomic E-state index is 0.00455. The van der Waals surface area contributed by atoms with Gasteiger partial charge < -0.3 is 10.0 Å². The van der Waals surface area contributed by atoms with Crippen LogP contribution in [-0.4, -0.2) is 27.9 Å². The third-order valence-electron chi connectivity index (χ3n) is 5.54. The van der Waals surface area contributed by atoms with Crippen LogP contribution in [0.1, 0.15) is 50.2 Å². The van der Waals surface area contributed by atoms with Crippen LogP contribution in [0.25, 0.3) is 0 Å². The van der Waals surface area contributed by atoms with E-state index >= 15 is 0 Å². The van der Waals surface area contributed by atoms with E-state index in [2.05, 4.69) is 25.1 Å². The molecule has 0 bridgehead atoms. The molecule has 1 saturated carbocycles. The van der Waals surface area contributed by atoms with Gasteiger partial charge in [-0.1, -0.05) is 31.2 Å². The van der Waals surface area contributed by atoms with Gasteiger partial charge in [-0.3, -0.25) is 9.59 Å². The fourth-order valence-corrected chi connectivity index (χ4v) is 4.03. The Morgan fingerprint density at radius 2 is 1.70 bits per heavy atom. The topological polar surface area (TPSA) is 57.6 Å². The van der Waals surface area contributed by atoms with Crippen molar-refractivity contribution in [2.75, 3.05) is 0 Å². The van der Waals surface area contributed by atoms with Gasteiger partial charge in [-0.2, -0.15) is 0 Å². The number of carboxylic acid groups (broad SMARTS) is 1. The number of carbonyl (C=O) groups is 2. The highest BCUT2D eigenvalue weighted by atomic mass is 16.4. The SMILES string of the molecule is CCC1Cc2ccccc2CN1C(=O)C1CCC(C(=O)O)CC1. The molecule has 1 aliphatic heterocycles. The molecule has 2 aliphatic rings. The lowest BCUT2D eigenvalue weighted by Crippen LogP contribution is -2.47. The zero-order chi connectivity index (χ0) is 16.4. The third kappa shape index (κ3) is 3.26. The molecule has 1 aromatic rings. The summed E-state index contributed by atoms with van der Waals surface area (Å²) in [6.07, 6.45) is 4.59. The molecule has 3 rings (SSSR count). The number of fused-ring (bicyclic) bond motifs is 1. The van der Waals surface area contributed by atoms with Crippen molar-refractivity contribution in [1.82, 2.24) is 4.90 Å². The Kier molecular flexibility index (Phi) is 4.69. The summed E-state index contributed by atoms with van der Waals surface area (Å²) in [5, 5.41) is 9.11. The number of hydrogen-bond acceptors (Lipinski definition) is 2. The highest BCUT2D eigenvalue weighted by molar-refractivity contribution is 5.80. The van der Waals surface area contributed by atoms with E-state index in [0.717, 1.165) is 12.8 Å². The maximum Gasteiger partial charge on any atom is 0.306 e. The molecule has 1 amide bonds. The Labute approximate surface area is 137 Å². The lowest BCUT2D eigenvalue weighted by Gasteiger charge is -2.39. The number of carbonyl (C=O) groups excluding carboxylic acids is 1. The lowest BCUT2D eigenvalue weighted by atomic mass is 9.80. The summed E-state index contributed by atoms with van der Waals surface area (Å²) in [6, 6.07) is 8.65. The number of benzene rings is 1. The Hall–Kier alpha value is -1.84. The first-order valence-electron chi connectivity index (χ1n) is 8.70. The van der Waals surface area contributed by atoms with Gasteiger partial charge >= 0.3 is 5.97 Å². The van der Waals surface area contributed by atoms with E-state index < -0.39 is 5.97 Å². The summed E-state index contributed by atoms with van der Waals surface area (Å²) in [4.78, 5) is 26.1. The molecule has 1 heterocycles. The molecular weight excluding hydrogens is 290 g/mol. The summed E-state index contributed by atoms with van der Waals surface area (Å²) in [5.41, 5.74) is 2.61. The second-order valence-electron chi connectivity index (χ2n) is 6.89. The van der Waals surface area contributed by atoms with E-state index in [4.69, 9.17) is 5.11 Å². The number of nitrogens with zero attached hydrogens (tertiary/aromatic N) is 1. The zero-order valence-corrected chi connectivity index (χ0v) is 13.7. The van der Waals surface area contributed by atoms with Crippen LogP contribution in [0.2, 0.25) is 0 Å². The van der Waals surface area contributed by atoms with Crippen molar-refractivity contribution in [1.29, 1.82) is 0 Å². The van der Waals surface area contributed by atoms with Crippen molar-refractivity contribution in [3.05, 3.63) is 35.4 Å². The van der Waals surface area contributed by atoms with Crippen molar-refractivity contribution in [3.8, 4) is 0 Å². The summed E-state index contributed by atoms with van der Waals surface area (Å²) < 4.78 is 0. The summed E-state index contributed by atoms with van der Waals surface area (Å²) in [7, 11) is 0. The highest BCUT2D eigenvalue weighted by Gasteiger charge is 2.35. The van der Waals surface area contributed by atoms with Gasteiger partial charge in [-0.05, 0) is 49.7 Å². The summed E-state index contributed by atoms with van der Waals surface area (Å²) in [6.45, 7) is 2.84. The van der Waals surface area contributed by atoms with Crippen LogP contribution in [-0.2, 0) is 22.6 Å². The molecule has 1 unspecified atom stereocenters. The van der Waals surface area contributed by atoms with E-state index in [1.54, 1.807) is 0 Å². The van der Waals surface area contributed by atoms with Crippen molar-refractivity contribution in [2.45, 2.75) is 58.0 Å². The Morgan fingerprint density at radius 3 is 2.30 bits per heavy atom. The van der Waals surface area contributed by atoms with Crippen LogP contribution >= 0.6 is 0 Å². The van der Waals surface area contributed by atoms with E-state index in [9.17, 15) is 9.59 Å². The monoisotopic (exact) mass is 315 g/mol. The highest BCUT2D eigenvalue weighted by Crippen LogP contribution is 2.33. The van der Waals surface area contributed by atoms with Crippen LogP contribution in [0.15, 0.2) is 24.3 Å². The van der Waals surface area contributed by atoms with Crippen molar-refractivity contribution in [3.63, 3.8) is 0 Å².